The third kappa shape index (κ3) is 11.7. The van der Waals surface area contributed by atoms with Crippen molar-refractivity contribution in [2.24, 2.45) is 23.7 Å². The maximum Gasteiger partial charge on any atom is 0.356 e. The predicted octanol–water partition coefficient (Wildman–Crippen LogP) is 11.1. The van der Waals surface area contributed by atoms with Crippen LogP contribution in [0.4, 0.5) is 22.7 Å². The third-order valence-corrected chi connectivity index (χ3v) is 11.4. The number of amides is 3. The van der Waals surface area contributed by atoms with Crippen molar-refractivity contribution < 1.29 is 42.9 Å². The molecule has 4 aromatic carbocycles. The first-order valence-electron chi connectivity index (χ1n) is 24.5. The predicted molar refractivity (Wildman–Crippen MR) is 288 cm³/mol. The molecule has 0 radical (unpaired) electrons. The van der Waals surface area contributed by atoms with Gasteiger partial charge >= 0.3 is 5.97 Å². The van der Waals surface area contributed by atoms with Gasteiger partial charge in [0.2, 0.25) is 0 Å². The van der Waals surface area contributed by atoms with Gasteiger partial charge < -0.3 is 45.4 Å². The van der Waals surface area contributed by atoms with Crippen molar-refractivity contribution in [3.63, 3.8) is 0 Å². The summed E-state index contributed by atoms with van der Waals surface area (Å²) in [6, 6.07) is 27.2. The number of ether oxygens (including phenoxy) is 5. The van der Waals surface area contributed by atoms with Crippen LogP contribution in [0.15, 0.2) is 97.1 Å². The van der Waals surface area contributed by atoms with Gasteiger partial charge in [0.05, 0.1) is 78.4 Å². The average molecular weight is 1000 g/mol. The SMILES string of the molecule is COC(=O)c1cc(OCC(C)C)c2cccc(NC(=O)c3cc(OCC(C)C)c4cccc(NC(=O)c5cc(OCC(C)C)c6cccc(NC(=O)c7cc(OCC(C)C)c8cccc(N)c8n7)c6n5)c4n3)c2n1. The number of aromatic nitrogens is 4. The zero-order chi connectivity index (χ0) is 52.8. The molecule has 0 spiro atoms. The van der Waals surface area contributed by atoms with E-state index in [0.717, 1.165) is 0 Å². The lowest BCUT2D eigenvalue weighted by Gasteiger charge is -2.17. The Labute approximate surface area is 428 Å². The molecule has 0 unspecified atom stereocenters. The molecule has 17 nitrogen and oxygen atoms in total. The number of rotatable bonds is 19. The van der Waals surface area contributed by atoms with Gasteiger partial charge in [-0.3, -0.25) is 14.4 Å². The number of para-hydroxylation sites is 4. The number of esters is 1. The third-order valence-electron chi connectivity index (χ3n) is 11.4. The van der Waals surface area contributed by atoms with E-state index in [0.29, 0.717) is 93.4 Å². The molecular weight excluding hydrogens is 941 g/mol. The normalized spacial score (nSPS) is 11.5. The molecule has 3 amide bonds. The summed E-state index contributed by atoms with van der Waals surface area (Å²) in [6.45, 7) is 17.5. The van der Waals surface area contributed by atoms with E-state index < -0.39 is 23.7 Å². The number of pyridine rings is 4. The zero-order valence-electron chi connectivity index (χ0n) is 42.9. The van der Waals surface area contributed by atoms with Gasteiger partial charge in [-0.1, -0.05) is 79.7 Å². The maximum atomic E-state index is 14.6. The van der Waals surface area contributed by atoms with Crippen LogP contribution in [0.1, 0.15) is 97.3 Å². The minimum Gasteiger partial charge on any atom is -0.493 e. The van der Waals surface area contributed by atoms with E-state index in [1.807, 2.05) is 61.5 Å². The Bertz CT molecular complexity index is 3450. The number of carbonyl (C=O) groups excluding carboxylic acids is 4. The van der Waals surface area contributed by atoms with Crippen LogP contribution in [-0.4, -0.2) is 77.2 Å². The number of methoxy groups -OCH3 is 1. The Morgan fingerprint density at radius 3 is 1.04 bits per heavy atom. The topological polar surface area (TPSA) is 228 Å². The molecule has 17 heteroatoms. The summed E-state index contributed by atoms with van der Waals surface area (Å²) in [7, 11) is 1.26. The van der Waals surface area contributed by atoms with E-state index in [9.17, 15) is 19.2 Å². The van der Waals surface area contributed by atoms with Crippen LogP contribution in [0.5, 0.6) is 23.0 Å². The van der Waals surface area contributed by atoms with Crippen LogP contribution in [0, 0.1) is 23.7 Å². The molecule has 0 fully saturated rings. The molecule has 0 aliphatic rings. The number of nitrogens with zero attached hydrogens (tertiary/aromatic N) is 4. The first-order chi connectivity index (χ1) is 35.5. The highest BCUT2D eigenvalue weighted by Crippen LogP contribution is 2.36. The van der Waals surface area contributed by atoms with Crippen LogP contribution in [0.2, 0.25) is 0 Å². The van der Waals surface area contributed by atoms with Gasteiger partial charge in [-0.2, -0.15) is 0 Å². The summed E-state index contributed by atoms with van der Waals surface area (Å²) < 4.78 is 29.8. The van der Waals surface area contributed by atoms with E-state index >= 15 is 0 Å². The molecular formula is C57H60N8O9. The number of anilines is 4. The number of benzene rings is 4. The van der Waals surface area contributed by atoms with Crippen LogP contribution in [0.25, 0.3) is 43.6 Å². The first kappa shape index (κ1) is 51.7. The van der Waals surface area contributed by atoms with Gasteiger partial charge in [0.15, 0.2) is 5.69 Å². The molecule has 0 saturated heterocycles. The second-order valence-corrected chi connectivity index (χ2v) is 19.5. The summed E-state index contributed by atoms with van der Waals surface area (Å²) in [5.41, 5.74) is 8.81. The van der Waals surface area contributed by atoms with E-state index in [4.69, 9.17) is 39.4 Å². The summed E-state index contributed by atoms with van der Waals surface area (Å²) >= 11 is 0. The van der Waals surface area contributed by atoms with Gasteiger partial charge in [-0.15, -0.1) is 0 Å². The van der Waals surface area contributed by atoms with Crippen LogP contribution < -0.4 is 40.6 Å². The molecule has 0 aliphatic heterocycles. The summed E-state index contributed by atoms with van der Waals surface area (Å²) in [4.78, 5) is 74.8. The van der Waals surface area contributed by atoms with E-state index in [-0.39, 0.29) is 68.9 Å². The van der Waals surface area contributed by atoms with E-state index in [2.05, 4.69) is 25.9 Å². The van der Waals surface area contributed by atoms with Gasteiger partial charge in [-0.05, 0) is 72.2 Å². The fourth-order valence-corrected chi connectivity index (χ4v) is 7.82. The molecule has 0 bridgehead atoms. The molecule has 4 aromatic heterocycles. The van der Waals surface area contributed by atoms with Crippen molar-refractivity contribution in [1.29, 1.82) is 0 Å². The second kappa shape index (κ2) is 22.4. The minimum atomic E-state index is -0.673. The molecule has 4 heterocycles. The van der Waals surface area contributed by atoms with Crippen molar-refractivity contribution in [3.8, 4) is 23.0 Å². The molecule has 5 N–H and O–H groups in total. The molecule has 0 aliphatic carbocycles. The molecule has 74 heavy (non-hydrogen) atoms. The first-order valence-corrected chi connectivity index (χ1v) is 24.5. The minimum absolute atomic E-state index is 0.000331. The van der Waals surface area contributed by atoms with Crippen molar-refractivity contribution >= 4 is 90.1 Å². The lowest BCUT2D eigenvalue weighted by Crippen LogP contribution is -2.18. The Morgan fingerprint density at radius 2 is 0.716 bits per heavy atom. The number of carbonyl (C=O) groups is 4. The van der Waals surface area contributed by atoms with Gasteiger partial charge in [0.1, 0.15) is 40.1 Å². The Morgan fingerprint density at radius 1 is 0.432 bits per heavy atom. The summed E-state index contributed by atoms with van der Waals surface area (Å²) in [5.74, 6) is -0.229. The lowest BCUT2D eigenvalue weighted by molar-refractivity contribution is 0.0593. The number of fused-ring (bicyclic) bond motifs is 4. The standard InChI is InChI=1S/C57H60N8O9/c1-30(2)26-71-46-22-42(59-50-34(46)14-10-18-38(50)58)54(66)63-39-19-11-15-35-47(72-27-31(3)4)23-43(60-51(35)39)55(67)64-40-20-12-16-36-48(73-28-32(5)6)24-44(61-52(36)40)56(68)65-41-21-13-17-37-49(74-29-33(7)8)25-45(57(69)70-9)62-53(37)41/h10-25,30-33H,26-29,58H2,1-9H3,(H,63,66)(H,64,67)(H,65,68). The van der Waals surface area contributed by atoms with Crippen LogP contribution >= 0.6 is 0 Å². The van der Waals surface area contributed by atoms with Crippen molar-refractivity contribution in [3.05, 3.63) is 120 Å². The maximum absolute atomic E-state index is 14.6. The number of nitrogens with one attached hydrogen (secondary N) is 3. The number of hydrogen-bond acceptors (Lipinski definition) is 14. The average Bonchev–Trinajstić information content (AvgIpc) is 3.38. The molecule has 0 atom stereocenters. The van der Waals surface area contributed by atoms with Crippen LogP contribution in [-0.2, 0) is 4.74 Å². The number of hydrogen-bond donors (Lipinski definition) is 4. The summed E-state index contributed by atoms with van der Waals surface area (Å²) in [6.07, 6.45) is 0. The lowest BCUT2D eigenvalue weighted by atomic mass is 10.1. The Hall–Kier alpha value is -8.60. The zero-order valence-corrected chi connectivity index (χ0v) is 42.9. The Kier molecular flexibility index (Phi) is 15.7. The molecule has 8 rings (SSSR count). The fourth-order valence-electron chi connectivity index (χ4n) is 7.82. The largest absolute Gasteiger partial charge is 0.493 e. The van der Waals surface area contributed by atoms with Crippen molar-refractivity contribution in [2.75, 3.05) is 55.2 Å². The smallest absolute Gasteiger partial charge is 0.356 e. The van der Waals surface area contributed by atoms with Gasteiger partial charge in [-0.25, -0.2) is 24.7 Å². The van der Waals surface area contributed by atoms with Gasteiger partial charge in [0.25, 0.3) is 17.7 Å². The van der Waals surface area contributed by atoms with Crippen LogP contribution in [0.3, 0.4) is 0 Å². The van der Waals surface area contributed by atoms with Crippen molar-refractivity contribution in [2.45, 2.75) is 55.4 Å². The highest BCUT2D eigenvalue weighted by atomic mass is 16.5. The molecule has 0 saturated carbocycles. The molecule has 382 valence electrons. The summed E-state index contributed by atoms with van der Waals surface area (Å²) in [5, 5.41) is 11.2. The van der Waals surface area contributed by atoms with E-state index in [1.54, 1.807) is 84.9 Å². The van der Waals surface area contributed by atoms with Crippen molar-refractivity contribution in [1.82, 2.24) is 19.9 Å². The monoisotopic (exact) mass is 1000 g/mol. The van der Waals surface area contributed by atoms with E-state index in [1.165, 1.54) is 13.2 Å². The quantitative estimate of drug-likeness (QED) is 0.0436. The molecule has 8 aromatic rings. The highest BCUT2D eigenvalue weighted by Gasteiger charge is 2.24. The second-order valence-electron chi connectivity index (χ2n) is 19.5. The number of nitrogen functional groups attached to an aromatic ring is 1. The fraction of sp³-hybridized carbons (Fsp3) is 0.298. The highest BCUT2D eigenvalue weighted by molar-refractivity contribution is 6.14. The Balaban J connectivity index is 1.16. The van der Waals surface area contributed by atoms with Gasteiger partial charge in [0, 0.05) is 45.8 Å². The number of nitrogens with two attached hydrogens (primary N) is 1.